The van der Waals surface area contributed by atoms with E-state index < -0.39 is 0 Å². The number of fused-ring (bicyclic) bond motifs is 1. The molecule has 4 rings (SSSR count). The fourth-order valence-electron chi connectivity index (χ4n) is 2.80. The number of nitrogens with one attached hydrogen (secondary N) is 2. The third-order valence-electron chi connectivity index (χ3n) is 4.18. The number of aliphatic imine (C=N–C) groups is 1. The number of nitrogens with two attached hydrogens (primary N) is 1. The minimum absolute atomic E-state index is 0. The Labute approximate surface area is 172 Å². The lowest BCUT2D eigenvalue weighted by molar-refractivity contribution is 0.415. The molecule has 4 N–H and O–H groups in total. The number of guanidine groups is 1. The summed E-state index contributed by atoms with van der Waals surface area (Å²) in [4.78, 5) is 12.3. The number of H-pyrrole nitrogens is 1. The number of anilines is 1. The number of halogens is 1. The van der Waals surface area contributed by atoms with Crippen LogP contribution in [0.25, 0.3) is 22.2 Å². The van der Waals surface area contributed by atoms with Crippen molar-refractivity contribution in [3.8, 4) is 17.0 Å². The maximum absolute atomic E-state index is 5.99. The molecular weight excluding hydrogens is 394 g/mol. The zero-order valence-electron chi connectivity index (χ0n) is 15.2. The van der Waals surface area contributed by atoms with E-state index in [0.29, 0.717) is 17.6 Å². The predicted octanol–water partition coefficient (Wildman–Crippen LogP) is 4.65. The van der Waals surface area contributed by atoms with Crippen LogP contribution in [0, 0.1) is 0 Å². The summed E-state index contributed by atoms with van der Waals surface area (Å²) in [5.41, 5.74) is 10.0. The zero-order chi connectivity index (χ0) is 18.6. The van der Waals surface area contributed by atoms with E-state index in [1.165, 1.54) is 11.3 Å². The Balaban J connectivity index is 0.00000225. The van der Waals surface area contributed by atoms with Crippen LogP contribution in [0.15, 0.2) is 65.1 Å². The fourth-order valence-corrected chi connectivity index (χ4v) is 3.52. The van der Waals surface area contributed by atoms with Gasteiger partial charge in [0.05, 0.1) is 19.3 Å². The van der Waals surface area contributed by atoms with Gasteiger partial charge in [-0.25, -0.2) is 9.98 Å². The molecule has 2 aromatic carbocycles. The van der Waals surface area contributed by atoms with Gasteiger partial charge in [-0.05, 0) is 23.8 Å². The minimum atomic E-state index is 0. The van der Waals surface area contributed by atoms with Crippen molar-refractivity contribution < 1.29 is 4.74 Å². The molecule has 2 aromatic heterocycles. The van der Waals surface area contributed by atoms with Gasteiger partial charge in [0.15, 0.2) is 11.1 Å². The van der Waals surface area contributed by atoms with E-state index in [1.807, 2.05) is 60.1 Å². The summed E-state index contributed by atoms with van der Waals surface area (Å²) in [5.74, 6) is 1.16. The number of ether oxygens (including phenoxy) is 1. The number of aromatic amines is 1. The SMILES string of the molecule is COc1ccc2[nH]cc(-c3csc(NC(N)=NCc4ccccc4)n3)c2c1.Cl. The van der Waals surface area contributed by atoms with E-state index in [9.17, 15) is 0 Å². The van der Waals surface area contributed by atoms with Crippen LogP contribution in [0.4, 0.5) is 5.13 Å². The van der Waals surface area contributed by atoms with Gasteiger partial charge in [-0.3, -0.25) is 0 Å². The Morgan fingerprint density at radius 2 is 2.07 bits per heavy atom. The number of thiazole rings is 1. The molecule has 2 heterocycles. The molecule has 0 fully saturated rings. The van der Waals surface area contributed by atoms with Crippen LogP contribution in [0.5, 0.6) is 5.75 Å². The lowest BCUT2D eigenvalue weighted by Gasteiger charge is -2.02. The average molecular weight is 414 g/mol. The molecule has 0 atom stereocenters. The molecule has 28 heavy (non-hydrogen) atoms. The van der Waals surface area contributed by atoms with Gasteiger partial charge in [0.2, 0.25) is 0 Å². The van der Waals surface area contributed by atoms with Gasteiger partial charge in [-0.1, -0.05) is 30.3 Å². The summed E-state index contributed by atoms with van der Waals surface area (Å²) in [6.07, 6.45) is 1.95. The second-order valence-electron chi connectivity index (χ2n) is 5.96. The molecule has 0 unspecified atom stereocenters. The van der Waals surface area contributed by atoms with Crippen LogP contribution in [-0.2, 0) is 6.54 Å². The number of methoxy groups -OCH3 is 1. The molecule has 0 spiro atoms. The van der Waals surface area contributed by atoms with Crippen molar-refractivity contribution in [1.29, 1.82) is 0 Å². The maximum Gasteiger partial charge on any atom is 0.195 e. The lowest BCUT2D eigenvalue weighted by Crippen LogP contribution is -2.22. The van der Waals surface area contributed by atoms with Gasteiger partial charge < -0.3 is 20.8 Å². The summed E-state index contributed by atoms with van der Waals surface area (Å²) in [5, 5.41) is 6.83. The van der Waals surface area contributed by atoms with E-state index in [4.69, 9.17) is 10.5 Å². The molecule has 0 bridgehead atoms. The third kappa shape index (κ3) is 4.27. The highest BCUT2D eigenvalue weighted by molar-refractivity contribution is 7.14. The normalized spacial score (nSPS) is 11.2. The Kier molecular flexibility index (Phi) is 6.18. The number of benzene rings is 2. The van der Waals surface area contributed by atoms with Gasteiger partial charge in [0.1, 0.15) is 5.75 Å². The smallest absolute Gasteiger partial charge is 0.195 e. The molecule has 0 amide bonds. The van der Waals surface area contributed by atoms with Crippen molar-refractivity contribution in [2.45, 2.75) is 6.54 Å². The van der Waals surface area contributed by atoms with Crippen molar-refractivity contribution in [3.05, 3.63) is 65.7 Å². The van der Waals surface area contributed by atoms with Crippen molar-refractivity contribution in [2.24, 2.45) is 10.7 Å². The van der Waals surface area contributed by atoms with Gasteiger partial charge in [-0.2, -0.15) is 0 Å². The number of aromatic nitrogens is 2. The highest BCUT2D eigenvalue weighted by atomic mass is 35.5. The lowest BCUT2D eigenvalue weighted by atomic mass is 10.1. The van der Waals surface area contributed by atoms with E-state index in [1.54, 1.807) is 7.11 Å². The number of hydrogen-bond acceptors (Lipinski definition) is 4. The standard InChI is InChI=1S/C20H19N5OS.ClH/c1-26-14-7-8-17-15(9-14)16(11-22-17)18-12-27-20(24-18)25-19(21)23-10-13-5-3-2-4-6-13;/h2-9,11-12,22H,10H2,1H3,(H3,21,23,24,25);1H. The molecule has 4 aromatic rings. The summed E-state index contributed by atoms with van der Waals surface area (Å²) in [7, 11) is 1.66. The number of rotatable bonds is 5. The second-order valence-corrected chi connectivity index (χ2v) is 6.82. The largest absolute Gasteiger partial charge is 0.497 e. The van der Waals surface area contributed by atoms with E-state index in [0.717, 1.165) is 33.5 Å². The van der Waals surface area contributed by atoms with Crippen LogP contribution in [0.1, 0.15) is 5.56 Å². The Hall–Kier alpha value is -3.03. The molecule has 8 heteroatoms. The Morgan fingerprint density at radius 1 is 1.25 bits per heavy atom. The average Bonchev–Trinajstić information content (AvgIpc) is 3.33. The van der Waals surface area contributed by atoms with Gasteiger partial charge in [0.25, 0.3) is 0 Å². The zero-order valence-corrected chi connectivity index (χ0v) is 16.8. The predicted molar refractivity (Wildman–Crippen MR) is 119 cm³/mol. The maximum atomic E-state index is 5.99. The summed E-state index contributed by atoms with van der Waals surface area (Å²) >= 11 is 1.49. The Bertz CT molecular complexity index is 1090. The molecule has 6 nitrogen and oxygen atoms in total. The first-order valence-electron chi connectivity index (χ1n) is 8.45. The molecule has 0 saturated carbocycles. The summed E-state index contributed by atoms with van der Waals surface area (Å²) in [6, 6.07) is 15.9. The molecule has 0 aliphatic carbocycles. The first kappa shape index (κ1) is 19.7. The highest BCUT2D eigenvalue weighted by Gasteiger charge is 2.11. The van der Waals surface area contributed by atoms with Crippen molar-refractivity contribution >= 4 is 45.7 Å². The van der Waals surface area contributed by atoms with E-state index in [-0.39, 0.29) is 12.4 Å². The van der Waals surface area contributed by atoms with Crippen LogP contribution in [0.2, 0.25) is 0 Å². The second kappa shape index (κ2) is 8.77. The first-order chi connectivity index (χ1) is 13.2. The van der Waals surface area contributed by atoms with Crippen LogP contribution < -0.4 is 15.8 Å². The molecule has 0 aliphatic heterocycles. The first-order valence-corrected chi connectivity index (χ1v) is 9.33. The quantitative estimate of drug-likeness (QED) is 0.328. The van der Waals surface area contributed by atoms with Gasteiger partial charge >= 0.3 is 0 Å². The number of nitrogens with zero attached hydrogens (tertiary/aromatic N) is 2. The topological polar surface area (TPSA) is 88.3 Å². The van der Waals surface area contributed by atoms with E-state index in [2.05, 4.69) is 20.3 Å². The van der Waals surface area contributed by atoms with Crippen LogP contribution >= 0.6 is 23.7 Å². The van der Waals surface area contributed by atoms with Gasteiger partial charge in [0, 0.05) is 28.0 Å². The summed E-state index contributed by atoms with van der Waals surface area (Å²) in [6.45, 7) is 0.528. The molecule has 0 radical (unpaired) electrons. The molecule has 144 valence electrons. The summed E-state index contributed by atoms with van der Waals surface area (Å²) < 4.78 is 5.33. The third-order valence-corrected chi connectivity index (χ3v) is 4.94. The van der Waals surface area contributed by atoms with Crippen molar-refractivity contribution in [2.75, 3.05) is 12.4 Å². The minimum Gasteiger partial charge on any atom is -0.497 e. The fraction of sp³-hybridized carbons (Fsp3) is 0.100. The molecule has 0 saturated heterocycles. The monoisotopic (exact) mass is 413 g/mol. The van der Waals surface area contributed by atoms with Gasteiger partial charge in [-0.15, -0.1) is 23.7 Å². The molecular formula is C20H20ClN5OS. The van der Waals surface area contributed by atoms with E-state index >= 15 is 0 Å². The van der Waals surface area contributed by atoms with Crippen LogP contribution in [0.3, 0.4) is 0 Å². The van der Waals surface area contributed by atoms with Crippen molar-refractivity contribution in [3.63, 3.8) is 0 Å². The molecule has 0 aliphatic rings. The van der Waals surface area contributed by atoms with Crippen molar-refractivity contribution in [1.82, 2.24) is 9.97 Å². The number of hydrogen-bond donors (Lipinski definition) is 3. The Morgan fingerprint density at radius 3 is 2.86 bits per heavy atom. The highest BCUT2D eigenvalue weighted by Crippen LogP contribution is 2.32. The van der Waals surface area contributed by atoms with Crippen LogP contribution in [-0.4, -0.2) is 23.0 Å².